The second-order valence-corrected chi connectivity index (χ2v) is 5.03. The number of aromatic nitrogens is 2. The fourth-order valence-corrected chi connectivity index (χ4v) is 2.17. The molecule has 0 fully saturated rings. The molecule has 1 aromatic heterocycles. The molecule has 0 bridgehead atoms. The Kier molecular flexibility index (Phi) is 4.18. The van der Waals surface area contributed by atoms with E-state index in [0.29, 0.717) is 22.1 Å². The molecular formula is C13H10BrF4N3. The van der Waals surface area contributed by atoms with E-state index in [1.807, 2.05) is 0 Å². The maximum atomic E-state index is 13.1. The van der Waals surface area contributed by atoms with Gasteiger partial charge in [0.25, 0.3) is 0 Å². The average Bonchev–Trinajstić information content (AvgIpc) is 2.40. The van der Waals surface area contributed by atoms with Gasteiger partial charge in [0.2, 0.25) is 0 Å². The fourth-order valence-electron chi connectivity index (χ4n) is 1.79. The highest BCUT2D eigenvalue weighted by atomic mass is 79.9. The van der Waals surface area contributed by atoms with Gasteiger partial charge in [-0.25, -0.2) is 14.4 Å². The molecule has 0 spiro atoms. The quantitative estimate of drug-likeness (QED) is 0.802. The summed E-state index contributed by atoms with van der Waals surface area (Å²) in [6.45, 7) is 1.63. The second kappa shape index (κ2) is 5.59. The van der Waals surface area contributed by atoms with Gasteiger partial charge in [-0.3, -0.25) is 0 Å². The van der Waals surface area contributed by atoms with Gasteiger partial charge in [0.05, 0.1) is 15.7 Å². The van der Waals surface area contributed by atoms with Gasteiger partial charge >= 0.3 is 6.18 Å². The molecule has 0 aliphatic rings. The number of alkyl halides is 3. The van der Waals surface area contributed by atoms with Crippen molar-refractivity contribution in [2.24, 2.45) is 0 Å². The topological polar surface area (TPSA) is 37.8 Å². The van der Waals surface area contributed by atoms with Crippen molar-refractivity contribution in [3.63, 3.8) is 0 Å². The zero-order chi connectivity index (χ0) is 15.8. The van der Waals surface area contributed by atoms with E-state index in [1.165, 1.54) is 0 Å². The van der Waals surface area contributed by atoms with Crippen molar-refractivity contribution in [2.75, 3.05) is 12.4 Å². The molecule has 0 saturated heterocycles. The van der Waals surface area contributed by atoms with E-state index in [1.54, 1.807) is 14.0 Å². The summed E-state index contributed by atoms with van der Waals surface area (Å²) in [7, 11) is 1.59. The van der Waals surface area contributed by atoms with E-state index in [2.05, 4.69) is 31.2 Å². The molecule has 112 valence electrons. The smallest absolute Gasteiger partial charge is 0.372 e. The zero-order valence-corrected chi connectivity index (χ0v) is 12.6. The third-order valence-corrected chi connectivity index (χ3v) is 3.73. The number of benzene rings is 1. The molecule has 8 heteroatoms. The molecule has 0 radical (unpaired) electrons. The van der Waals surface area contributed by atoms with E-state index in [0.717, 1.165) is 12.1 Å². The zero-order valence-electron chi connectivity index (χ0n) is 11.0. The number of hydrogen-bond donors (Lipinski definition) is 1. The normalized spacial score (nSPS) is 11.6. The van der Waals surface area contributed by atoms with E-state index in [4.69, 9.17) is 0 Å². The van der Waals surface area contributed by atoms with Crippen molar-refractivity contribution in [1.29, 1.82) is 0 Å². The Bertz CT molecular complexity index is 686. The Labute approximate surface area is 126 Å². The van der Waals surface area contributed by atoms with Crippen molar-refractivity contribution < 1.29 is 17.6 Å². The highest BCUT2D eigenvalue weighted by Crippen LogP contribution is 2.37. The number of nitrogens with one attached hydrogen (secondary N) is 1. The predicted octanol–water partition coefficient (Wildman–Crippen LogP) is 4.41. The van der Waals surface area contributed by atoms with Crippen LogP contribution >= 0.6 is 15.9 Å². The van der Waals surface area contributed by atoms with Crippen LogP contribution in [-0.4, -0.2) is 17.0 Å². The summed E-state index contributed by atoms with van der Waals surface area (Å²) in [4.78, 5) is 8.07. The third-order valence-electron chi connectivity index (χ3n) is 2.78. The van der Waals surface area contributed by atoms with Crippen molar-refractivity contribution in [3.8, 4) is 11.4 Å². The van der Waals surface area contributed by atoms with Crippen molar-refractivity contribution in [2.45, 2.75) is 13.1 Å². The standard InChI is InChI=1S/C13H10BrF4N3/c1-6-10(14)12(19-2)21-11(20-6)8-4-3-7(15)5-9(8)13(16,17)18/h3-5H,1-2H3,(H,19,20,21). The minimum absolute atomic E-state index is 0.118. The molecule has 21 heavy (non-hydrogen) atoms. The number of halogens is 5. The number of nitrogens with zero attached hydrogens (tertiary/aromatic N) is 2. The van der Waals surface area contributed by atoms with Crippen LogP contribution in [-0.2, 0) is 6.18 Å². The van der Waals surface area contributed by atoms with Gasteiger partial charge in [0.15, 0.2) is 5.82 Å². The predicted molar refractivity (Wildman–Crippen MR) is 74.4 cm³/mol. The largest absolute Gasteiger partial charge is 0.417 e. The van der Waals surface area contributed by atoms with Crippen LogP contribution in [0.5, 0.6) is 0 Å². The van der Waals surface area contributed by atoms with Gasteiger partial charge < -0.3 is 5.32 Å². The van der Waals surface area contributed by atoms with E-state index < -0.39 is 17.6 Å². The van der Waals surface area contributed by atoms with Gasteiger partial charge in [-0.2, -0.15) is 13.2 Å². The molecule has 0 atom stereocenters. The van der Waals surface area contributed by atoms with Crippen molar-refractivity contribution in [1.82, 2.24) is 9.97 Å². The molecular weight excluding hydrogens is 354 g/mol. The van der Waals surface area contributed by atoms with Crippen LogP contribution in [0.25, 0.3) is 11.4 Å². The highest BCUT2D eigenvalue weighted by Gasteiger charge is 2.35. The first kappa shape index (κ1) is 15.7. The van der Waals surface area contributed by atoms with E-state index >= 15 is 0 Å². The lowest BCUT2D eigenvalue weighted by Crippen LogP contribution is -2.10. The van der Waals surface area contributed by atoms with E-state index in [-0.39, 0.29) is 11.4 Å². The highest BCUT2D eigenvalue weighted by molar-refractivity contribution is 9.10. The molecule has 1 aromatic carbocycles. The van der Waals surface area contributed by atoms with Crippen LogP contribution < -0.4 is 5.32 Å². The molecule has 0 aliphatic carbocycles. The Morgan fingerprint density at radius 2 is 1.86 bits per heavy atom. The molecule has 0 amide bonds. The first-order chi connectivity index (χ1) is 9.74. The van der Waals surface area contributed by atoms with Gasteiger partial charge in [-0.1, -0.05) is 0 Å². The minimum Gasteiger partial charge on any atom is -0.372 e. The number of anilines is 1. The van der Waals surface area contributed by atoms with Crippen LogP contribution in [0.2, 0.25) is 0 Å². The Morgan fingerprint density at radius 3 is 2.43 bits per heavy atom. The summed E-state index contributed by atoms with van der Waals surface area (Å²) in [5.41, 5.74) is -0.899. The van der Waals surface area contributed by atoms with E-state index in [9.17, 15) is 17.6 Å². The first-order valence-corrected chi connectivity index (χ1v) is 6.62. The summed E-state index contributed by atoms with van der Waals surface area (Å²) < 4.78 is 52.8. The molecule has 2 aromatic rings. The van der Waals surface area contributed by atoms with Gasteiger partial charge in [-0.15, -0.1) is 0 Å². The fraction of sp³-hybridized carbons (Fsp3) is 0.231. The summed E-state index contributed by atoms with van der Waals surface area (Å²) in [5, 5.41) is 2.76. The van der Waals surface area contributed by atoms with Crippen LogP contribution in [0.3, 0.4) is 0 Å². The molecule has 0 saturated carbocycles. The van der Waals surface area contributed by atoms with Crippen molar-refractivity contribution in [3.05, 3.63) is 39.7 Å². The SMILES string of the molecule is CNc1nc(-c2ccc(F)cc2C(F)(F)F)nc(C)c1Br. The second-order valence-electron chi connectivity index (χ2n) is 4.23. The average molecular weight is 364 g/mol. The number of aryl methyl sites for hydroxylation is 1. The third kappa shape index (κ3) is 3.15. The number of rotatable bonds is 2. The molecule has 1 N–H and O–H groups in total. The Balaban J connectivity index is 2.70. The first-order valence-electron chi connectivity index (χ1n) is 5.83. The molecule has 2 rings (SSSR count). The molecule has 1 heterocycles. The Morgan fingerprint density at radius 1 is 1.19 bits per heavy atom. The van der Waals surface area contributed by atoms with Crippen LogP contribution in [0, 0.1) is 12.7 Å². The Hall–Kier alpha value is -1.70. The maximum Gasteiger partial charge on any atom is 0.417 e. The maximum absolute atomic E-state index is 13.1. The van der Waals surface area contributed by atoms with Crippen LogP contribution in [0.4, 0.5) is 23.4 Å². The summed E-state index contributed by atoms with van der Waals surface area (Å²) in [6.07, 6.45) is -4.69. The molecule has 3 nitrogen and oxygen atoms in total. The monoisotopic (exact) mass is 363 g/mol. The lowest BCUT2D eigenvalue weighted by Gasteiger charge is -2.14. The lowest BCUT2D eigenvalue weighted by atomic mass is 10.1. The van der Waals surface area contributed by atoms with Gasteiger partial charge in [0, 0.05) is 12.6 Å². The van der Waals surface area contributed by atoms with Crippen molar-refractivity contribution >= 4 is 21.7 Å². The molecule has 0 unspecified atom stereocenters. The van der Waals surface area contributed by atoms with Gasteiger partial charge in [0.1, 0.15) is 11.6 Å². The number of hydrogen-bond acceptors (Lipinski definition) is 3. The van der Waals surface area contributed by atoms with Crippen LogP contribution in [0.1, 0.15) is 11.3 Å². The molecule has 0 aliphatic heterocycles. The summed E-state index contributed by atoms with van der Waals surface area (Å²) in [5.74, 6) is -0.726. The summed E-state index contributed by atoms with van der Waals surface area (Å²) in [6, 6.07) is 2.42. The summed E-state index contributed by atoms with van der Waals surface area (Å²) >= 11 is 3.25. The lowest BCUT2D eigenvalue weighted by molar-refractivity contribution is -0.137. The minimum atomic E-state index is -4.69. The van der Waals surface area contributed by atoms with Gasteiger partial charge in [-0.05, 0) is 41.1 Å². The van der Waals surface area contributed by atoms with Crippen LogP contribution in [0.15, 0.2) is 22.7 Å².